The fourth-order valence-corrected chi connectivity index (χ4v) is 2.23. The molecule has 0 aromatic heterocycles. The first kappa shape index (κ1) is 11.0. The van der Waals surface area contributed by atoms with Crippen molar-refractivity contribution in [2.75, 3.05) is 13.1 Å². The van der Waals surface area contributed by atoms with Crippen molar-refractivity contribution < 1.29 is 13.2 Å². The van der Waals surface area contributed by atoms with Gasteiger partial charge in [0.25, 0.3) is 0 Å². The van der Waals surface area contributed by atoms with Gasteiger partial charge in [0, 0.05) is 12.5 Å². The van der Waals surface area contributed by atoms with Crippen LogP contribution in [0.15, 0.2) is 10.5 Å². The summed E-state index contributed by atoms with van der Waals surface area (Å²) in [7, 11) is 0. The molecule has 0 saturated carbocycles. The van der Waals surface area contributed by atoms with Crippen LogP contribution in [0.4, 0.5) is 13.2 Å². The second-order valence-electron chi connectivity index (χ2n) is 3.58. The van der Waals surface area contributed by atoms with Gasteiger partial charge in [-0.3, -0.25) is 0 Å². The molecule has 1 atom stereocenters. The van der Waals surface area contributed by atoms with Gasteiger partial charge in [0.05, 0.1) is 4.47 Å². The average molecular weight is 280 g/mol. The first-order chi connectivity index (χ1) is 7.11. The Bertz CT molecular complexity index is 389. The number of nitrogens with one attached hydrogen (secondary N) is 1. The van der Waals surface area contributed by atoms with Crippen LogP contribution in [0.2, 0.25) is 0 Å². The molecule has 1 nitrogen and oxygen atoms in total. The number of benzene rings is 1. The van der Waals surface area contributed by atoms with Crippen LogP contribution >= 0.6 is 15.9 Å². The molecule has 1 aromatic carbocycles. The highest BCUT2D eigenvalue weighted by atomic mass is 79.9. The average Bonchev–Trinajstić information content (AvgIpc) is 2.73. The summed E-state index contributed by atoms with van der Waals surface area (Å²) in [6.45, 7) is 1.38. The van der Waals surface area contributed by atoms with Crippen molar-refractivity contribution in [3.05, 3.63) is 33.6 Å². The maximum Gasteiger partial charge on any atom is 0.175 e. The summed E-state index contributed by atoms with van der Waals surface area (Å²) < 4.78 is 39.3. The highest BCUT2D eigenvalue weighted by molar-refractivity contribution is 9.10. The van der Waals surface area contributed by atoms with Gasteiger partial charge in [-0.25, -0.2) is 13.2 Å². The Labute approximate surface area is 93.8 Å². The van der Waals surface area contributed by atoms with Crippen molar-refractivity contribution >= 4 is 15.9 Å². The minimum absolute atomic E-state index is 0.0728. The van der Waals surface area contributed by atoms with E-state index in [0.29, 0.717) is 6.54 Å². The Morgan fingerprint density at radius 1 is 1.27 bits per heavy atom. The van der Waals surface area contributed by atoms with E-state index < -0.39 is 21.9 Å². The zero-order valence-electron chi connectivity index (χ0n) is 7.79. The summed E-state index contributed by atoms with van der Waals surface area (Å²) in [5.74, 6) is -2.94. The monoisotopic (exact) mass is 279 g/mol. The Kier molecular flexibility index (Phi) is 3.02. The Hall–Kier alpha value is -0.550. The Morgan fingerprint density at radius 2 is 2.00 bits per heavy atom. The molecule has 82 valence electrons. The van der Waals surface area contributed by atoms with Gasteiger partial charge < -0.3 is 5.32 Å². The van der Waals surface area contributed by atoms with Crippen molar-refractivity contribution in [3.8, 4) is 0 Å². The summed E-state index contributed by atoms with van der Waals surface area (Å²) >= 11 is 2.72. The molecule has 15 heavy (non-hydrogen) atoms. The van der Waals surface area contributed by atoms with Crippen LogP contribution in [0.3, 0.4) is 0 Å². The predicted octanol–water partition coefficient (Wildman–Crippen LogP) is 2.94. The van der Waals surface area contributed by atoms with Crippen molar-refractivity contribution in [3.63, 3.8) is 0 Å². The van der Waals surface area contributed by atoms with E-state index in [1.54, 1.807) is 0 Å². The fraction of sp³-hybridized carbons (Fsp3) is 0.400. The molecule has 2 rings (SSSR count). The smallest absolute Gasteiger partial charge is 0.175 e. The summed E-state index contributed by atoms with van der Waals surface area (Å²) in [6, 6.07) is 0.951. The minimum Gasteiger partial charge on any atom is -0.316 e. The van der Waals surface area contributed by atoms with E-state index in [2.05, 4.69) is 21.2 Å². The molecular weight excluding hydrogens is 271 g/mol. The summed E-state index contributed by atoms with van der Waals surface area (Å²) in [5, 5.41) is 3.05. The van der Waals surface area contributed by atoms with Crippen LogP contribution in [0.1, 0.15) is 17.9 Å². The molecule has 1 aliphatic rings. The highest BCUT2D eigenvalue weighted by Gasteiger charge is 2.24. The van der Waals surface area contributed by atoms with Crippen molar-refractivity contribution in [1.29, 1.82) is 0 Å². The number of rotatable bonds is 1. The summed E-state index contributed by atoms with van der Waals surface area (Å²) in [4.78, 5) is 0. The number of hydrogen-bond donors (Lipinski definition) is 1. The molecular formula is C10H9BrF3N. The van der Waals surface area contributed by atoms with E-state index in [-0.39, 0.29) is 11.5 Å². The molecule has 0 spiro atoms. The minimum atomic E-state index is -1.16. The van der Waals surface area contributed by atoms with Gasteiger partial charge in [0.15, 0.2) is 11.6 Å². The van der Waals surface area contributed by atoms with E-state index in [1.165, 1.54) is 0 Å². The molecule has 1 aromatic rings. The molecule has 0 radical (unpaired) electrons. The number of halogens is 4. The molecule has 1 N–H and O–H groups in total. The molecule has 1 aliphatic heterocycles. The molecule has 1 unspecified atom stereocenters. The summed E-state index contributed by atoms with van der Waals surface area (Å²) in [6.07, 6.45) is 0.744. The molecule has 0 aliphatic carbocycles. The quantitative estimate of drug-likeness (QED) is 0.616. The van der Waals surface area contributed by atoms with Crippen LogP contribution in [-0.4, -0.2) is 13.1 Å². The van der Waals surface area contributed by atoms with Gasteiger partial charge in [0.2, 0.25) is 0 Å². The van der Waals surface area contributed by atoms with Gasteiger partial charge in [-0.05, 0) is 40.5 Å². The lowest BCUT2D eigenvalue weighted by atomic mass is 9.97. The van der Waals surface area contributed by atoms with E-state index in [9.17, 15) is 13.2 Å². The highest BCUT2D eigenvalue weighted by Crippen LogP contribution is 2.32. The topological polar surface area (TPSA) is 12.0 Å². The fourth-order valence-electron chi connectivity index (χ4n) is 1.81. The van der Waals surface area contributed by atoms with E-state index in [0.717, 1.165) is 19.0 Å². The van der Waals surface area contributed by atoms with Gasteiger partial charge in [-0.15, -0.1) is 0 Å². The van der Waals surface area contributed by atoms with Crippen molar-refractivity contribution in [2.45, 2.75) is 12.3 Å². The Balaban J connectivity index is 2.47. The second-order valence-corrected chi connectivity index (χ2v) is 4.37. The number of hydrogen-bond acceptors (Lipinski definition) is 1. The Morgan fingerprint density at radius 3 is 2.60 bits per heavy atom. The van der Waals surface area contributed by atoms with Crippen LogP contribution in [0, 0.1) is 17.5 Å². The SMILES string of the molecule is Fc1cc(C2CCNC2)c(F)c(Br)c1F. The van der Waals surface area contributed by atoms with E-state index in [1.807, 2.05) is 0 Å². The van der Waals surface area contributed by atoms with E-state index >= 15 is 0 Å². The van der Waals surface area contributed by atoms with Gasteiger partial charge in [-0.2, -0.15) is 0 Å². The lowest BCUT2D eigenvalue weighted by molar-refractivity contribution is 0.478. The molecule has 0 amide bonds. The third-order valence-corrected chi connectivity index (χ3v) is 3.33. The normalized spacial score (nSPS) is 20.9. The standard InChI is InChI=1S/C10H9BrF3N/c11-8-9(13)6(3-7(12)10(8)14)5-1-2-15-4-5/h3,5,15H,1-2,4H2. The third-order valence-electron chi connectivity index (χ3n) is 2.63. The second kappa shape index (κ2) is 4.14. The zero-order valence-corrected chi connectivity index (χ0v) is 9.37. The van der Waals surface area contributed by atoms with Crippen molar-refractivity contribution in [1.82, 2.24) is 5.32 Å². The lowest BCUT2D eigenvalue weighted by Crippen LogP contribution is -2.10. The maximum atomic E-state index is 13.6. The first-order valence-electron chi connectivity index (χ1n) is 4.65. The first-order valence-corrected chi connectivity index (χ1v) is 5.44. The molecule has 1 fully saturated rings. The molecule has 1 heterocycles. The van der Waals surface area contributed by atoms with E-state index in [4.69, 9.17) is 0 Å². The molecule has 5 heteroatoms. The van der Waals surface area contributed by atoms with Crippen LogP contribution in [0.5, 0.6) is 0 Å². The van der Waals surface area contributed by atoms with Crippen LogP contribution < -0.4 is 5.32 Å². The van der Waals surface area contributed by atoms with Gasteiger partial charge >= 0.3 is 0 Å². The van der Waals surface area contributed by atoms with Crippen LogP contribution in [-0.2, 0) is 0 Å². The van der Waals surface area contributed by atoms with Gasteiger partial charge in [0.1, 0.15) is 5.82 Å². The van der Waals surface area contributed by atoms with Gasteiger partial charge in [-0.1, -0.05) is 0 Å². The third kappa shape index (κ3) is 1.90. The predicted molar refractivity (Wildman–Crippen MR) is 54.2 cm³/mol. The van der Waals surface area contributed by atoms with Crippen LogP contribution in [0.25, 0.3) is 0 Å². The zero-order chi connectivity index (χ0) is 11.0. The molecule has 0 bridgehead atoms. The summed E-state index contributed by atoms with van der Waals surface area (Å²) in [5.41, 5.74) is 0.241. The molecule has 1 saturated heterocycles. The van der Waals surface area contributed by atoms with Crippen molar-refractivity contribution in [2.24, 2.45) is 0 Å². The lowest BCUT2D eigenvalue weighted by Gasteiger charge is -2.12. The maximum absolute atomic E-state index is 13.6. The largest absolute Gasteiger partial charge is 0.316 e.